The lowest BCUT2D eigenvalue weighted by atomic mass is 9.49. The molecule has 0 aliphatic heterocycles. The van der Waals surface area contributed by atoms with Gasteiger partial charge >= 0.3 is 0 Å². The number of carbonyl (C=O) groups excluding carboxylic acids is 1. The quantitative estimate of drug-likeness (QED) is 0.826. The smallest absolute Gasteiger partial charge is 0.253 e. The van der Waals surface area contributed by atoms with Crippen molar-refractivity contribution < 1.29 is 17.6 Å². The van der Waals surface area contributed by atoms with Gasteiger partial charge < -0.3 is 5.32 Å². The number of alkyl halides is 1. The van der Waals surface area contributed by atoms with Gasteiger partial charge in [0.15, 0.2) is 0 Å². The Morgan fingerprint density at radius 1 is 1.33 bits per heavy atom. The van der Waals surface area contributed by atoms with Gasteiger partial charge in [0.25, 0.3) is 5.91 Å². The van der Waals surface area contributed by atoms with Crippen LogP contribution in [0.15, 0.2) is 18.2 Å². The molecule has 0 atom stereocenters. The van der Waals surface area contributed by atoms with E-state index in [1.165, 1.54) is 6.07 Å². The number of rotatable bonds is 4. The highest BCUT2D eigenvalue weighted by Crippen LogP contribution is 2.64. The van der Waals surface area contributed by atoms with E-state index in [0.717, 1.165) is 18.4 Å². The van der Waals surface area contributed by atoms with Crippen LogP contribution in [0.4, 0.5) is 10.1 Å². The molecular weight excluding hydrogens is 319 g/mol. The lowest BCUT2D eigenvalue weighted by Crippen LogP contribution is -2.76. The zero-order chi connectivity index (χ0) is 15.5. The molecule has 0 heterocycles. The van der Waals surface area contributed by atoms with Crippen LogP contribution in [0, 0.1) is 5.82 Å². The predicted molar refractivity (Wildman–Crippen MR) is 77.5 cm³/mol. The van der Waals surface area contributed by atoms with Gasteiger partial charge in [-0.25, -0.2) is 12.8 Å². The van der Waals surface area contributed by atoms with Gasteiger partial charge in [-0.2, -0.15) is 0 Å². The van der Waals surface area contributed by atoms with E-state index in [9.17, 15) is 17.6 Å². The topological polar surface area (TPSA) is 75.3 Å². The summed E-state index contributed by atoms with van der Waals surface area (Å²) in [5.74, 6) is -1.05. The molecule has 1 amide bonds. The van der Waals surface area contributed by atoms with Crippen molar-refractivity contribution in [1.82, 2.24) is 5.32 Å². The second-order valence-corrected chi connectivity index (χ2v) is 8.53. The molecule has 8 heteroatoms. The summed E-state index contributed by atoms with van der Waals surface area (Å²) in [5.41, 5.74) is -0.257. The molecule has 3 fully saturated rings. The summed E-state index contributed by atoms with van der Waals surface area (Å²) in [6.07, 6.45) is 3.08. The first-order chi connectivity index (χ1) is 9.60. The van der Waals surface area contributed by atoms with Gasteiger partial charge in [-0.3, -0.25) is 9.52 Å². The summed E-state index contributed by atoms with van der Waals surface area (Å²) in [6, 6.07) is 3.37. The van der Waals surface area contributed by atoms with E-state index in [-0.39, 0.29) is 21.7 Å². The van der Waals surface area contributed by atoms with Crippen LogP contribution in [0.2, 0.25) is 0 Å². The summed E-state index contributed by atoms with van der Waals surface area (Å²) in [4.78, 5) is 12.1. The van der Waals surface area contributed by atoms with Crippen LogP contribution in [0.25, 0.3) is 0 Å². The van der Waals surface area contributed by atoms with E-state index in [4.69, 9.17) is 11.6 Å². The van der Waals surface area contributed by atoms with Crippen molar-refractivity contribution in [1.29, 1.82) is 0 Å². The van der Waals surface area contributed by atoms with Crippen LogP contribution in [-0.2, 0) is 10.0 Å². The van der Waals surface area contributed by atoms with Crippen LogP contribution in [-0.4, -0.2) is 31.0 Å². The standard InChI is InChI=1S/C13H14ClFN2O3S/c1-21(19,20)17-10-4-8(15)2-3-9(10)11(18)16-13-5-12(14,6-13)7-13/h2-4,17H,5-7H2,1H3,(H,16,18). The fourth-order valence-electron chi connectivity index (χ4n) is 3.10. The minimum Gasteiger partial charge on any atom is -0.346 e. The first-order valence-electron chi connectivity index (χ1n) is 6.39. The minimum absolute atomic E-state index is 0.0674. The van der Waals surface area contributed by atoms with Crippen molar-refractivity contribution in [2.24, 2.45) is 0 Å². The minimum atomic E-state index is -3.60. The number of benzene rings is 1. The Hall–Kier alpha value is -1.34. The number of nitrogens with one attached hydrogen (secondary N) is 2. The molecule has 0 unspecified atom stereocenters. The van der Waals surface area contributed by atoms with Crippen molar-refractivity contribution in [2.75, 3.05) is 11.0 Å². The molecule has 1 aromatic carbocycles. The second-order valence-electron chi connectivity index (χ2n) is 5.98. The number of halogens is 2. The van der Waals surface area contributed by atoms with Crippen LogP contribution >= 0.6 is 11.6 Å². The highest BCUT2D eigenvalue weighted by Gasteiger charge is 2.67. The van der Waals surface area contributed by atoms with Gasteiger partial charge in [-0.15, -0.1) is 11.6 Å². The third kappa shape index (κ3) is 2.72. The largest absolute Gasteiger partial charge is 0.346 e. The first kappa shape index (κ1) is 14.6. The number of anilines is 1. The van der Waals surface area contributed by atoms with Gasteiger partial charge in [0.1, 0.15) is 5.82 Å². The molecule has 0 saturated heterocycles. The molecule has 5 nitrogen and oxygen atoms in total. The molecule has 1 aromatic rings. The Morgan fingerprint density at radius 3 is 2.48 bits per heavy atom. The van der Waals surface area contributed by atoms with Crippen LogP contribution in [0.1, 0.15) is 29.6 Å². The van der Waals surface area contributed by atoms with Gasteiger partial charge in [-0.1, -0.05) is 0 Å². The first-order valence-corrected chi connectivity index (χ1v) is 8.66. The molecule has 2 bridgehead atoms. The molecule has 0 aromatic heterocycles. The van der Waals surface area contributed by atoms with Crippen molar-refractivity contribution in [3.8, 4) is 0 Å². The fraction of sp³-hybridized carbons (Fsp3) is 0.462. The summed E-state index contributed by atoms with van der Waals surface area (Å²) in [5, 5.41) is 2.87. The Morgan fingerprint density at radius 2 is 1.95 bits per heavy atom. The molecular formula is C13H14ClFN2O3S. The maximum Gasteiger partial charge on any atom is 0.253 e. The van der Waals surface area contributed by atoms with Crippen LogP contribution in [0.5, 0.6) is 0 Å². The number of hydrogen-bond acceptors (Lipinski definition) is 3. The van der Waals surface area contributed by atoms with E-state index in [0.29, 0.717) is 19.3 Å². The summed E-state index contributed by atoms with van der Waals surface area (Å²) < 4.78 is 38.0. The normalized spacial score (nSPS) is 30.0. The zero-order valence-corrected chi connectivity index (χ0v) is 12.8. The molecule has 21 heavy (non-hydrogen) atoms. The van der Waals surface area contributed by atoms with E-state index in [1.807, 2.05) is 0 Å². The molecule has 3 saturated carbocycles. The summed E-state index contributed by atoms with van der Waals surface area (Å²) >= 11 is 6.14. The Balaban J connectivity index is 1.82. The Labute approximate surface area is 126 Å². The van der Waals surface area contributed by atoms with Gasteiger partial charge in [0.05, 0.1) is 22.4 Å². The Kier molecular flexibility index (Phi) is 3.01. The van der Waals surface area contributed by atoms with Crippen molar-refractivity contribution in [2.45, 2.75) is 29.7 Å². The molecule has 3 aliphatic carbocycles. The monoisotopic (exact) mass is 332 g/mol. The Bertz CT molecular complexity index is 715. The third-order valence-corrected chi connectivity index (χ3v) is 4.86. The van der Waals surface area contributed by atoms with Gasteiger partial charge in [0.2, 0.25) is 10.0 Å². The van der Waals surface area contributed by atoms with E-state index < -0.39 is 21.7 Å². The van der Waals surface area contributed by atoms with Gasteiger partial charge in [-0.05, 0) is 37.5 Å². The molecule has 3 aliphatic rings. The fourth-order valence-corrected chi connectivity index (χ4v) is 4.44. The van der Waals surface area contributed by atoms with E-state index >= 15 is 0 Å². The molecule has 114 valence electrons. The van der Waals surface area contributed by atoms with Crippen LogP contribution < -0.4 is 10.0 Å². The average molecular weight is 333 g/mol. The number of carbonyl (C=O) groups is 1. The summed E-state index contributed by atoms with van der Waals surface area (Å²) in [7, 11) is -3.60. The van der Waals surface area contributed by atoms with E-state index in [1.54, 1.807) is 0 Å². The lowest BCUT2D eigenvalue weighted by molar-refractivity contribution is -0.0193. The van der Waals surface area contributed by atoms with E-state index in [2.05, 4.69) is 10.0 Å². The maximum atomic E-state index is 13.3. The van der Waals surface area contributed by atoms with Crippen molar-refractivity contribution >= 4 is 33.2 Å². The molecule has 4 rings (SSSR count). The maximum absolute atomic E-state index is 13.3. The number of hydrogen-bond donors (Lipinski definition) is 2. The molecule has 0 spiro atoms. The zero-order valence-electron chi connectivity index (χ0n) is 11.2. The van der Waals surface area contributed by atoms with Crippen molar-refractivity contribution in [3.63, 3.8) is 0 Å². The third-order valence-electron chi connectivity index (χ3n) is 3.87. The highest BCUT2D eigenvalue weighted by atomic mass is 35.5. The number of sulfonamides is 1. The van der Waals surface area contributed by atoms with Crippen molar-refractivity contribution in [3.05, 3.63) is 29.6 Å². The molecule has 0 radical (unpaired) electrons. The van der Waals surface area contributed by atoms with Crippen LogP contribution in [0.3, 0.4) is 0 Å². The lowest BCUT2D eigenvalue weighted by Gasteiger charge is -2.67. The second kappa shape index (κ2) is 4.33. The SMILES string of the molecule is CS(=O)(=O)Nc1cc(F)ccc1C(=O)NC12CC(Cl)(C1)C2. The predicted octanol–water partition coefficient (Wildman–Crippen LogP) is 1.84. The highest BCUT2D eigenvalue weighted by molar-refractivity contribution is 7.92. The molecule has 2 N–H and O–H groups in total. The average Bonchev–Trinajstić information content (AvgIpc) is 2.22. The number of amides is 1. The van der Waals surface area contributed by atoms with Gasteiger partial charge in [0, 0.05) is 5.54 Å². The summed E-state index contributed by atoms with van der Waals surface area (Å²) in [6.45, 7) is 0.